The maximum Gasteiger partial charge on any atom is 0.246 e. The van der Waals surface area contributed by atoms with E-state index in [9.17, 15) is 9.59 Å². The minimum atomic E-state index is -0.388. The monoisotopic (exact) mass is 359 g/mol. The second-order valence-electron chi connectivity index (χ2n) is 6.23. The van der Waals surface area contributed by atoms with Gasteiger partial charge in [-0.15, -0.1) is 0 Å². The number of carbonyl (C=O) groups excluding carboxylic acids is 2. The largest absolute Gasteiger partial charge is 0.383 e. The van der Waals surface area contributed by atoms with Crippen LogP contribution < -0.4 is 11.1 Å². The van der Waals surface area contributed by atoms with Gasteiger partial charge in [0, 0.05) is 37.5 Å². The van der Waals surface area contributed by atoms with Crippen molar-refractivity contribution in [2.45, 2.75) is 52.6 Å². The van der Waals surface area contributed by atoms with Crippen molar-refractivity contribution in [3.8, 4) is 0 Å². The van der Waals surface area contributed by atoms with E-state index in [1.165, 1.54) is 19.2 Å². The van der Waals surface area contributed by atoms with Crippen LogP contribution >= 0.6 is 0 Å². The lowest BCUT2D eigenvalue weighted by Gasteiger charge is -2.21. The van der Waals surface area contributed by atoms with E-state index in [1.807, 2.05) is 19.9 Å². The molecule has 1 saturated heterocycles. The van der Waals surface area contributed by atoms with Crippen molar-refractivity contribution in [3.63, 3.8) is 0 Å². The number of nitrogens with two attached hydrogens (primary N) is 1. The van der Waals surface area contributed by atoms with Gasteiger partial charge in [0.1, 0.15) is 11.5 Å². The Balaban J connectivity index is 3.18. The molecular formula is C19H29N5O2. The molecule has 0 bridgehead atoms. The Morgan fingerprint density at radius 3 is 2.62 bits per heavy atom. The van der Waals surface area contributed by atoms with Crippen LogP contribution in [0.5, 0.6) is 0 Å². The van der Waals surface area contributed by atoms with Gasteiger partial charge in [0.2, 0.25) is 5.91 Å². The van der Waals surface area contributed by atoms with Crippen LogP contribution in [0.3, 0.4) is 0 Å². The third kappa shape index (κ3) is 5.15. The van der Waals surface area contributed by atoms with Crippen molar-refractivity contribution in [2.75, 3.05) is 6.54 Å². The number of likely N-dealkylation sites (tertiary alicyclic amines) is 1. The second kappa shape index (κ2) is 9.70. The number of allylic oxidation sites excluding steroid dienone is 2. The molecule has 1 fully saturated rings. The fourth-order valence-electron chi connectivity index (χ4n) is 3.00. The Morgan fingerprint density at radius 2 is 2.12 bits per heavy atom. The van der Waals surface area contributed by atoms with Gasteiger partial charge in [-0.25, -0.2) is 4.99 Å². The lowest BCUT2D eigenvalue weighted by atomic mass is 10.0. The first-order valence-electron chi connectivity index (χ1n) is 8.75. The van der Waals surface area contributed by atoms with E-state index in [4.69, 9.17) is 11.1 Å². The van der Waals surface area contributed by atoms with Crippen molar-refractivity contribution in [3.05, 3.63) is 35.8 Å². The number of carbonyl (C=O) groups is 2. The van der Waals surface area contributed by atoms with Crippen LogP contribution in [0.4, 0.5) is 0 Å². The molecule has 26 heavy (non-hydrogen) atoms. The molecule has 7 heteroatoms. The fraction of sp³-hybridized carbons (Fsp3) is 0.474. The topological polar surface area (TPSA) is 112 Å². The summed E-state index contributed by atoms with van der Waals surface area (Å²) in [7, 11) is 0. The molecule has 1 amide bonds. The van der Waals surface area contributed by atoms with Crippen LogP contribution in [0.1, 0.15) is 40.5 Å². The minimum Gasteiger partial charge on any atom is -0.383 e. The maximum absolute atomic E-state index is 11.9. The number of nitrogens with one attached hydrogen (secondary N) is 2. The van der Waals surface area contributed by atoms with Crippen molar-refractivity contribution in [2.24, 2.45) is 10.7 Å². The molecule has 0 radical (unpaired) electrons. The van der Waals surface area contributed by atoms with E-state index in [0.29, 0.717) is 24.2 Å². The summed E-state index contributed by atoms with van der Waals surface area (Å²) >= 11 is 0. The number of rotatable bonds is 8. The van der Waals surface area contributed by atoms with Crippen molar-refractivity contribution < 1.29 is 9.59 Å². The third-order valence-corrected chi connectivity index (χ3v) is 4.20. The summed E-state index contributed by atoms with van der Waals surface area (Å²) in [6, 6.07) is 0.0615. The zero-order valence-electron chi connectivity index (χ0n) is 16.0. The van der Waals surface area contributed by atoms with E-state index in [0.717, 1.165) is 6.42 Å². The highest BCUT2D eigenvalue weighted by Gasteiger charge is 2.32. The summed E-state index contributed by atoms with van der Waals surface area (Å²) in [4.78, 5) is 29.5. The van der Waals surface area contributed by atoms with Crippen molar-refractivity contribution in [1.29, 1.82) is 5.41 Å². The average Bonchev–Trinajstić information content (AvgIpc) is 2.95. The van der Waals surface area contributed by atoms with Crippen LogP contribution in [0.2, 0.25) is 0 Å². The molecule has 0 aromatic carbocycles. The molecule has 2 unspecified atom stereocenters. The molecule has 4 N–H and O–H groups in total. The van der Waals surface area contributed by atoms with Gasteiger partial charge in [0.05, 0.1) is 5.57 Å². The van der Waals surface area contributed by atoms with Crippen LogP contribution in [0.25, 0.3) is 0 Å². The van der Waals surface area contributed by atoms with E-state index >= 15 is 0 Å². The Labute approximate surface area is 155 Å². The van der Waals surface area contributed by atoms with Gasteiger partial charge in [0.15, 0.2) is 5.78 Å². The molecule has 0 aromatic heterocycles. The molecule has 2 atom stereocenters. The highest BCUT2D eigenvalue weighted by molar-refractivity contribution is 6.45. The number of ketones is 1. The van der Waals surface area contributed by atoms with Gasteiger partial charge in [-0.3, -0.25) is 15.0 Å². The molecule has 1 aliphatic rings. The molecule has 142 valence electrons. The van der Waals surface area contributed by atoms with Crippen LogP contribution in [0, 0.1) is 5.41 Å². The normalized spacial score (nSPS) is 21.5. The van der Waals surface area contributed by atoms with Gasteiger partial charge in [-0.05, 0) is 32.8 Å². The maximum atomic E-state index is 11.9. The highest BCUT2D eigenvalue weighted by Crippen LogP contribution is 2.22. The number of aliphatic imine (C=N–C) groups is 1. The minimum absolute atomic E-state index is 0.0140. The van der Waals surface area contributed by atoms with E-state index in [2.05, 4.69) is 16.9 Å². The summed E-state index contributed by atoms with van der Waals surface area (Å²) in [5.41, 5.74) is 6.73. The molecule has 7 nitrogen and oxygen atoms in total. The highest BCUT2D eigenvalue weighted by atomic mass is 16.2. The molecule has 0 spiro atoms. The van der Waals surface area contributed by atoms with Crippen LogP contribution in [0.15, 0.2) is 40.8 Å². The molecule has 1 aliphatic heterocycles. The summed E-state index contributed by atoms with van der Waals surface area (Å²) in [6.07, 6.45) is 6.16. The zero-order valence-corrected chi connectivity index (χ0v) is 16.0. The van der Waals surface area contributed by atoms with Crippen molar-refractivity contribution >= 4 is 23.6 Å². The predicted molar refractivity (Wildman–Crippen MR) is 105 cm³/mol. The standard InChI is InChI=1S/C19H29N5O2/c1-6-9-15(17(18(20)13(5)25)19(21)22-8-3)23-14-10-12(4)24(11-14)16(26)7-2/h7-9,12,14,20,23H,2,6,10-11,21H2,1,3-5H3/b15-9-,19-17+,20-18?,22-8-. The summed E-state index contributed by atoms with van der Waals surface area (Å²) < 4.78 is 0. The molecular weight excluding hydrogens is 330 g/mol. The SMILES string of the molecule is C=CC(=O)N1CC(NC(=C\CC)/C(C(=N)C(C)=O)=C(N)\N=C/C)CC1C. The molecule has 0 aromatic rings. The summed E-state index contributed by atoms with van der Waals surface area (Å²) in [5.74, 6) is -0.378. The lowest BCUT2D eigenvalue weighted by Crippen LogP contribution is -2.37. The smallest absolute Gasteiger partial charge is 0.246 e. The lowest BCUT2D eigenvalue weighted by molar-refractivity contribution is -0.126. The first kappa shape index (κ1) is 21.3. The van der Waals surface area contributed by atoms with Gasteiger partial charge < -0.3 is 16.0 Å². The van der Waals surface area contributed by atoms with E-state index in [1.54, 1.807) is 11.8 Å². The number of hydrogen-bond acceptors (Lipinski definition) is 6. The number of hydrogen-bond donors (Lipinski definition) is 3. The van der Waals surface area contributed by atoms with Crippen LogP contribution in [-0.4, -0.2) is 47.1 Å². The Hall–Kier alpha value is -2.70. The quantitative estimate of drug-likeness (QED) is 0.349. The fourth-order valence-corrected chi connectivity index (χ4v) is 3.00. The number of amides is 1. The van der Waals surface area contributed by atoms with E-state index < -0.39 is 0 Å². The van der Waals surface area contributed by atoms with Gasteiger partial charge in [-0.2, -0.15) is 0 Å². The third-order valence-electron chi connectivity index (χ3n) is 4.20. The Morgan fingerprint density at radius 1 is 1.46 bits per heavy atom. The summed E-state index contributed by atoms with van der Waals surface area (Å²) in [6.45, 7) is 11.0. The second-order valence-corrected chi connectivity index (χ2v) is 6.23. The number of Topliss-reactive ketones (excluding diaryl/α,β-unsaturated/α-hetero) is 1. The Kier molecular flexibility index (Phi) is 7.96. The van der Waals surface area contributed by atoms with Gasteiger partial charge >= 0.3 is 0 Å². The first-order valence-corrected chi connectivity index (χ1v) is 8.75. The molecule has 0 aliphatic carbocycles. The first-order chi connectivity index (χ1) is 12.3. The zero-order chi connectivity index (χ0) is 19.9. The summed E-state index contributed by atoms with van der Waals surface area (Å²) in [5, 5.41) is 11.5. The molecule has 1 rings (SSSR count). The number of nitrogens with zero attached hydrogens (tertiary/aromatic N) is 2. The predicted octanol–water partition coefficient (Wildman–Crippen LogP) is 1.92. The van der Waals surface area contributed by atoms with Gasteiger partial charge in [-0.1, -0.05) is 19.6 Å². The molecule has 0 saturated carbocycles. The van der Waals surface area contributed by atoms with E-state index in [-0.39, 0.29) is 35.3 Å². The van der Waals surface area contributed by atoms with Crippen LogP contribution in [-0.2, 0) is 9.59 Å². The molecule has 1 heterocycles. The van der Waals surface area contributed by atoms with Crippen molar-refractivity contribution in [1.82, 2.24) is 10.2 Å². The van der Waals surface area contributed by atoms with Gasteiger partial charge in [0.25, 0.3) is 0 Å². The average molecular weight is 359 g/mol. The Bertz CT molecular complexity index is 675.